The lowest BCUT2D eigenvalue weighted by atomic mass is 10.2. The number of nitrogens with one attached hydrogen (secondary N) is 1. The molecule has 0 saturated carbocycles. The van der Waals surface area contributed by atoms with Gasteiger partial charge >= 0.3 is 0 Å². The van der Waals surface area contributed by atoms with Crippen molar-refractivity contribution in [3.8, 4) is 0 Å². The van der Waals surface area contributed by atoms with Crippen LogP contribution < -0.4 is 5.32 Å². The predicted molar refractivity (Wildman–Crippen MR) is 146 cm³/mol. The Labute approximate surface area is 218 Å². The second-order valence-electron chi connectivity index (χ2n) is 8.74. The minimum absolute atomic E-state index is 0.197. The van der Waals surface area contributed by atoms with Gasteiger partial charge in [-0.2, -0.15) is 0 Å². The van der Waals surface area contributed by atoms with E-state index in [9.17, 15) is 4.79 Å². The molecule has 0 bridgehead atoms. The van der Waals surface area contributed by atoms with Gasteiger partial charge in [-0.1, -0.05) is 35.3 Å². The molecule has 2 aliphatic heterocycles. The third kappa shape index (κ3) is 5.73. The van der Waals surface area contributed by atoms with E-state index < -0.39 is 0 Å². The number of halogens is 2. The van der Waals surface area contributed by atoms with Crippen LogP contribution in [-0.4, -0.2) is 70.2 Å². The average molecular weight is 529 g/mol. The molecule has 1 aromatic heterocycles. The number of para-hydroxylation sites is 1. The van der Waals surface area contributed by atoms with Crippen molar-refractivity contribution in [2.75, 3.05) is 39.8 Å². The van der Waals surface area contributed by atoms with Crippen LogP contribution in [0.3, 0.4) is 0 Å². The molecule has 10 heteroatoms. The van der Waals surface area contributed by atoms with Gasteiger partial charge in [0.25, 0.3) is 5.91 Å². The molecule has 2 aromatic carbocycles. The lowest BCUT2D eigenvalue weighted by Crippen LogP contribution is -2.44. The number of piperazine rings is 1. The van der Waals surface area contributed by atoms with E-state index in [1.807, 2.05) is 24.5 Å². The standard InChI is InChI=1S/C25H26Cl2N6OS/c1-31-10-12-32(13-11-31)8-3-9-33-16-28-20-7-6-17(14-21(20)33)15-22-24(34)30-25(35-22)29-23-18(26)4-2-5-19(23)27/h2,4-7,14-16H,3,8-13H2,1H3,(H,29,30,34). The fraction of sp³-hybridized carbons (Fsp3) is 0.320. The van der Waals surface area contributed by atoms with E-state index in [0.717, 1.165) is 62.3 Å². The number of rotatable bonds is 6. The zero-order valence-corrected chi connectivity index (χ0v) is 21.7. The Kier molecular flexibility index (Phi) is 7.45. The minimum Gasteiger partial charge on any atom is -0.331 e. The highest BCUT2D eigenvalue weighted by atomic mass is 35.5. The molecule has 0 radical (unpaired) electrons. The molecule has 5 rings (SSSR count). The molecule has 1 amide bonds. The summed E-state index contributed by atoms with van der Waals surface area (Å²) >= 11 is 13.7. The van der Waals surface area contributed by atoms with E-state index in [2.05, 4.69) is 42.8 Å². The molecular weight excluding hydrogens is 503 g/mol. The van der Waals surface area contributed by atoms with Crippen molar-refractivity contribution in [3.05, 3.63) is 63.2 Å². The summed E-state index contributed by atoms with van der Waals surface area (Å²) in [6.07, 6.45) is 4.85. The highest BCUT2D eigenvalue weighted by molar-refractivity contribution is 8.18. The maximum absolute atomic E-state index is 12.6. The number of fused-ring (bicyclic) bond motifs is 1. The van der Waals surface area contributed by atoms with E-state index in [4.69, 9.17) is 23.2 Å². The first kappa shape index (κ1) is 24.3. The molecule has 3 heterocycles. The SMILES string of the molecule is CN1CCN(CCCn2cnc3ccc(C=C4SC(=Nc5c(Cl)cccc5Cl)NC4=O)cc32)CC1. The van der Waals surface area contributed by atoms with E-state index in [0.29, 0.717) is 25.8 Å². The smallest absolute Gasteiger partial charge is 0.264 e. The molecule has 1 N–H and O–H groups in total. The number of amidine groups is 1. The summed E-state index contributed by atoms with van der Waals surface area (Å²) in [6.45, 7) is 6.53. The van der Waals surface area contributed by atoms with Gasteiger partial charge in [-0.3, -0.25) is 4.79 Å². The number of nitrogens with zero attached hydrogens (tertiary/aromatic N) is 5. The number of thioether (sulfide) groups is 1. The Balaban J connectivity index is 1.29. The van der Waals surface area contributed by atoms with Crippen LogP contribution in [0.25, 0.3) is 17.1 Å². The monoisotopic (exact) mass is 528 g/mol. The van der Waals surface area contributed by atoms with E-state index >= 15 is 0 Å². The van der Waals surface area contributed by atoms with Gasteiger partial charge in [-0.05, 0) is 67.7 Å². The fourth-order valence-corrected chi connectivity index (χ4v) is 5.52. The summed E-state index contributed by atoms with van der Waals surface area (Å²) in [4.78, 5) is 27.0. The molecule has 0 spiro atoms. The molecule has 182 valence electrons. The molecular formula is C25H26Cl2N6OS. The number of hydrogen-bond donors (Lipinski definition) is 1. The molecule has 35 heavy (non-hydrogen) atoms. The van der Waals surface area contributed by atoms with Crippen LogP contribution in [0.1, 0.15) is 12.0 Å². The Morgan fingerprint density at radius 3 is 2.66 bits per heavy atom. The number of likely N-dealkylation sites (N-methyl/N-ethyl adjacent to an activating group) is 1. The number of hydrogen-bond acceptors (Lipinski definition) is 6. The summed E-state index contributed by atoms with van der Waals surface area (Å²) in [7, 11) is 2.18. The highest BCUT2D eigenvalue weighted by Gasteiger charge is 2.24. The first-order valence-corrected chi connectivity index (χ1v) is 13.1. The Morgan fingerprint density at radius 2 is 1.89 bits per heavy atom. The largest absolute Gasteiger partial charge is 0.331 e. The predicted octanol–water partition coefficient (Wildman–Crippen LogP) is 4.87. The molecule has 7 nitrogen and oxygen atoms in total. The summed E-state index contributed by atoms with van der Waals surface area (Å²) in [5.41, 5.74) is 3.40. The van der Waals surface area contributed by atoms with Gasteiger partial charge in [-0.15, -0.1) is 0 Å². The maximum atomic E-state index is 12.6. The summed E-state index contributed by atoms with van der Waals surface area (Å²) < 4.78 is 2.20. The number of carbonyl (C=O) groups excluding carboxylic acids is 1. The second kappa shape index (κ2) is 10.7. The van der Waals surface area contributed by atoms with Crippen molar-refractivity contribution in [3.63, 3.8) is 0 Å². The summed E-state index contributed by atoms with van der Waals surface area (Å²) in [6, 6.07) is 11.2. The van der Waals surface area contributed by atoms with Crippen molar-refractivity contribution in [1.29, 1.82) is 0 Å². The maximum Gasteiger partial charge on any atom is 0.264 e. The zero-order chi connectivity index (χ0) is 24.4. The van der Waals surface area contributed by atoms with Crippen LogP contribution in [0.4, 0.5) is 5.69 Å². The Morgan fingerprint density at radius 1 is 1.11 bits per heavy atom. The average Bonchev–Trinajstić information content (AvgIpc) is 3.40. The number of carbonyl (C=O) groups is 1. The van der Waals surface area contributed by atoms with Crippen LogP contribution >= 0.6 is 35.0 Å². The third-order valence-corrected chi connectivity index (χ3v) is 7.73. The van der Waals surface area contributed by atoms with Gasteiger partial charge in [0.05, 0.1) is 32.3 Å². The molecule has 2 saturated heterocycles. The summed E-state index contributed by atoms with van der Waals surface area (Å²) in [5.74, 6) is -0.197. The van der Waals surface area contributed by atoms with Crippen LogP contribution in [0.5, 0.6) is 0 Å². The number of aryl methyl sites for hydroxylation is 1. The second-order valence-corrected chi connectivity index (χ2v) is 10.6. The normalized spacial score (nSPS) is 19.8. The van der Waals surface area contributed by atoms with Crippen LogP contribution in [-0.2, 0) is 11.3 Å². The third-order valence-electron chi connectivity index (χ3n) is 6.21. The van der Waals surface area contributed by atoms with Crippen LogP contribution in [0, 0.1) is 0 Å². The molecule has 2 fully saturated rings. The van der Waals surface area contributed by atoms with E-state index in [-0.39, 0.29) is 5.91 Å². The van der Waals surface area contributed by atoms with Crippen molar-refractivity contribution >= 4 is 68.8 Å². The van der Waals surface area contributed by atoms with Gasteiger partial charge in [-0.25, -0.2) is 9.98 Å². The minimum atomic E-state index is -0.197. The van der Waals surface area contributed by atoms with Crippen LogP contribution in [0.2, 0.25) is 10.0 Å². The number of aliphatic imine (C=N–C) groups is 1. The Hall–Kier alpha value is -2.36. The molecule has 0 aliphatic carbocycles. The number of amides is 1. The van der Waals surface area contributed by atoms with Gasteiger partial charge in [0.1, 0.15) is 5.69 Å². The van der Waals surface area contributed by atoms with Crippen molar-refractivity contribution in [2.24, 2.45) is 4.99 Å². The van der Waals surface area contributed by atoms with Crippen molar-refractivity contribution < 1.29 is 4.79 Å². The zero-order valence-electron chi connectivity index (χ0n) is 19.4. The Bertz CT molecular complexity index is 1290. The quantitative estimate of drug-likeness (QED) is 0.462. The summed E-state index contributed by atoms with van der Waals surface area (Å²) in [5, 5.41) is 4.11. The molecule has 2 aliphatic rings. The number of benzene rings is 2. The lowest BCUT2D eigenvalue weighted by Gasteiger charge is -2.32. The molecule has 0 unspecified atom stereocenters. The van der Waals surface area contributed by atoms with Gasteiger partial charge < -0.3 is 19.7 Å². The van der Waals surface area contributed by atoms with E-state index in [1.54, 1.807) is 18.2 Å². The lowest BCUT2D eigenvalue weighted by molar-refractivity contribution is -0.115. The topological polar surface area (TPSA) is 65.8 Å². The van der Waals surface area contributed by atoms with Gasteiger partial charge in [0.15, 0.2) is 5.17 Å². The van der Waals surface area contributed by atoms with Gasteiger partial charge in [0, 0.05) is 32.7 Å². The number of imidazole rings is 1. The molecule has 3 aromatic rings. The first-order valence-electron chi connectivity index (χ1n) is 11.6. The van der Waals surface area contributed by atoms with Crippen molar-refractivity contribution in [1.82, 2.24) is 24.7 Å². The van der Waals surface area contributed by atoms with E-state index in [1.165, 1.54) is 11.8 Å². The van der Waals surface area contributed by atoms with Gasteiger partial charge in [0.2, 0.25) is 0 Å². The fourth-order valence-electron chi connectivity index (χ4n) is 4.21. The number of aromatic nitrogens is 2. The highest BCUT2D eigenvalue weighted by Crippen LogP contribution is 2.35. The molecule has 0 atom stereocenters. The first-order chi connectivity index (χ1) is 17.0. The van der Waals surface area contributed by atoms with Crippen molar-refractivity contribution in [2.45, 2.75) is 13.0 Å². The van der Waals surface area contributed by atoms with Crippen LogP contribution in [0.15, 0.2) is 52.6 Å².